The maximum Gasteiger partial charge on any atom is 0.387 e. The first-order chi connectivity index (χ1) is 13.0. The Morgan fingerprint density at radius 1 is 1.26 bits per heavy atom. The second-order valence-corrected chi connectivity index (χ2v) is 6.30. The summed E-state index contributed by atoms with van der Waals surface area (Å²) in [6.45, 7) is -3.07. The highest BCUT2D eigenvalue weighted by atomic mass is 19.3. The molecule has 1 aromatic carbocycles. The number of nitrogens with one attached hydrogen (secondary N) is 1. The number of aromatic nitrogens is 3. The van der Waals surface area contributed by atoms with E-state index in [1.807, 2.05) is 0 Å². The van der Waals surface area contributed by atoms with E-state index in [1.54, 1.807) is 12.3 Å². The van der Waals surface area contributed by atoms with Gasteiger partial charge in [-0.25, -0.2) is 4.39 Å². The van der Waals surface area contributed by atoms with Crippen LogP contribution in [0.25, 0.3) is 22.2 Å². The Balaban J connectivity index is 1.64. The van der Waals surface area contributed by atoms with Crippen LogP contribution < -0.4 is 10.1 Å². The Bertz CT molecular complexity index is 1000. The van der Waals surface area contributed by atoms with Crippen LogP contribution in [-0.2, 0) is 11.3 Å². The lowest BCUT2D eigenvalue weighted by molar-refractivity contribution is -0.121. The second kappa shape index (κ2) is 6.90. The second-order valence-electron chi connectivity index (χ2n) is 6.30. The van der Waals surface area contributed by atoms with Gasteiger partial charge in [-0.2, -0.15) is 13.9 Å². The Morgan fingerprint density at radius 3 is 2.81 bits per heavy atom. The van der Waals surface area contributed by atoms with Gasteiger partial charge >= 0.3 is 6.61 Å². The number of ether oxygens (including phenoxy) is 1. The molecule has 2 heterocycles. The van der Waals surface area contributed by atoms with Crippen molar-refractivity contribution in [1.82, 2.24) is 20.1 Å². The normalized spacial score (nSPS) is 13.9. The molecule has 27 heavy (non-hydrogen) atoms. The predicted molar refractivity (Wildman–Crippen MR) is 90.7 cm³/mol. The van der Waals surface area contributed by atoms with Crippen molar-refractivity contribution in [3.8, 4) is 16.9 Å². The molecular weight excluding hydrogens is 361 g/mol. The minimum atomic E-state index is -3.12. The highest BCUT2D eigenvalue weighted by Crippen LogP contribution is 2.29. The zero-order chi connectivity index (χ0) is 19.0. The molecule has 0 unspecified atom stereocenters. The van der Waals surface area contributed by atoms with Crippen LogP contribution in [0.4, 0.5) is 13.2 Å². The van der Waals surface area contributed by atoms with Gasteiger partial charge in [0.2, 0.25) is 5.91 Å². The molecule has 0 aliphatic heterocycles. The Hall–Kier alpha value is -3.10. The number of benzene rings is 1. The summed E-state index contributed by atoms with van der Waals surface area (Å²) in [5.41, 5.74) is 2.21. The van der Waals surface area contributed by atoms with E-state index in [-0.39, 0.29) is 18.5 Å². The number of fused-ring (bicyclic) bond motifs is 1. The van der Waals surface area contributed by atoms with Gasteiger partial charge in [0.15, 0.2) is 11.6 Å². The highest BCUT2D eigenvalue weighted by molar-refractivity contribution is 5.83. The number of hydrogen-bond donors (Lipinski definition) is 1. The summed E-state index contributed by atoms with van der Waals surface area (Å²) in [6.07, 6.45) is 5.05. The van der Waals surface area contributed by atoms with Gasteiger partial charge in [-0.05, 0) is 36.6 Å². The van der Waals surface area contributed by atoms with E-state index in [4.69, 9.17) is 0 Å². The maximum atomic E-state index is 13.6. The molecule has 0 saturated heterocycles. The molecule has 2 aromatic heterocycles. The molecule has 0 atom stereocenters. The molecular formula is C18H15F3N4O2. The molecule has 0 radical (unpaired) electrons. The lowest BCUT2D eigenvalue weighted by Gasteiger charge is -2.09. The van der Waals surface area contributed by atoms with E-state index in [9.17, 15) is 18.0 Å². The summed E-state index contributed by atoms with van der Waals surface area (Å²) >= 11 is 0. The molecule has 4 rings (SSSR count). The maximum absolute atomic E-state index is 13.6. The Labute approximate surface area is 152 Å². The number of halogens is 3. The number of carbonyl (C=O) groups is 1. The van der Waals surface area contributed by atoms with Gasteiger partial charge in [0.25, 0.3) is 0 Å². The van der Waals surface area contributed by atoms with E-state index in [0.717, 1.165) is 18.9 Å². The zero-order valence-corrected chi connectivity index (χ0v) is 14.0. The van der Waals surface area contributed by atoms with Crippen LogP contribution in [-0.4, -0.2) is 33.3 Å². The summed E-state index contributed by atoms with van der Waals surface area (Å²) in [5, 5.41) is 7.06. The quantitative estimate of drug-likeness (QED) is 0.718. The molecule has 3 aromatic rings. The van der Waals surface area contributed by atoms with Gasteiger partial charge in [-0.15, -0.1) is 0 Å². The van der Waals surface area contributed by atoms with Crippen molar-refractivity contribution in [3.63, 3.8) is 0 Å². The van der Waals surface area contributed by atoms with Gasteiger partial charge in [-0.3, -0.25) is 14.5 Å². The minimum Gasteiger partial charge on any atom is -0.432 e. The summed E-state index contributed by atoms with van der Waals surface area (Å²) in [6, 6.07) is 5.65. The molecule has 9 heteroatoms. The predicted octanol–water partition coefficient (Wildman–Crippen LogP) is 3.12. The molecule has 6 nitrogen and oxygen atoms in total. The van der Waals surface area contributed by atoms with Crippen molar-refractivity contribution < 1.29 is 22.7 Å². The van der Waals surface area contributed by atoms with Crippen molar-refractivity contribution in [2.45, 2.75) is 32.0 Å². The summed E-state index contributed by atoms with van der Waals surface area (Å²) in [7, 11) is 0. The third kappa shape index (κ3) is 3.86. The Kier molecular flexibility index (Phi) is 4.43. The van der Waals surface area contributed by atoms with Crippen molar-refractivity contribution in [2.75, 3.05) is 0 Å². The topological polar surface area (TPSA) is 69.0 Å². The molecule has 1 fully saturated rings. The number of pyridine rings is 1. The fraction of sp³-hybridized carbons (Fsp3) is 0.278. The minimum absolute atomic E-state index is 0.0499. The number of rotatable bonds is 6. The van der Waals surface area contributed by atoms with Gasteiger partial charge < -0.3 is 10.1 Å². The van der Waals surface area contributed by atoms with Crippen LogP contribution in [0.5, 0.6) is 5.75 Å². The molecule has 1 N–H and O–H groups in total. The van der Waals surface area contributed by atoms with Crippen molar-refractivity contribution in [2.24, 2.45) is 0 Å². The third-order valence-electron chi connectivity index (χ3n) is 4.21. The van der Waals surface area contributed by atoms with Gasteiger partial charge in [0.1, 0.15) is 12.1 Å². The van der Waals surface area contributed by atoms with Gasteiger partial charge in [0.05, 0.1) is 11.7 Å². The summed E-state index contributed by atoms with van der Waals surface area (Å²) in [4.78, 5) is 16.3. The van der Waals surface area contributed by atoms with Crippen LogP contribution >= 0.6 is 0 Å². The van der Waals surface area contributed by atoms with Crippen LogP contribution in [0, 0.1) is 5.82 Å². The number of amides is 1. The SMILES string of the molecule is O=C(Cn1ncc2ncc(-c3ccc(F)c(OC(F)F)c3)cc21)NC1CC1. The molecule has 1 aliphatic carbocycles. The fourth-order valence-corrected chi connectivity index (χ4v) is 2.75. The van der Waals surface area contributed by atoms with Gasteiger partial charge in [-0.1, -0.05) is 6.07 Å². The average molecular weight is 376 g/mol. The van der Waals surface area contributed by atoms with Crippen LogP contribution in [0.3, 0.4) is 0 Å². The molecule has 0 spiro atoms. The average Bonchev–Trinajstić information content (AvgIpc) is 3.35. The van der Waals surface area contributed by atoms with Crippen LogP contribution in [0.15, 0.2) is 36.7 Å². The largest absolute Gasteiger partial charge is 0.432 e. The monoisotopic (exact) mass is 376 g/mol. The first-order valence-electron chi connectivity index (χ1n) is 8.35. The summed E-state index contributed by atoms with van der Waals surface area (Å²) in [5.74, 6) is -1.56. The molecule has 1 saturated carbocycles. The highest BCUT2D eigenvalue weighted by Gasteiger charge is 2.23. The van der Waals surface area contributed by atoms with Crippen molar-refractivity contribution in [3.05, 3.63) is 42.5 Å². The number of nitrogens with zero attached hydrogens (tertiary/aromatic N) is 3. The van der Waals surface area contributed by atoms with Crippen LogP contribution in [0.1, 0.15) is 12.8 Å². The smallest absolute Gasteiger partial charge is 0.387 e. The van der Waals surface area contributed by atoms with E-state index in [1.165, 1.54) is 23.0 Å². The lowest BCUT2D eigenvalue weighted by atomic mass is 10.1. The standard InChI is InChI=1S/C18H15F3N4O2/c19-13-4-1-10(6-16(13)27-18(20)21)11-5-15-14(22-7-11)8-23-25(15)9-17(26)24-12-2-3-12/h1,4-8,12,18H,2-3,9H2,(H,24,26). The van der Waals surface area contributed by atoms with Crippen molar-refractivity contribution >= 4 is 16.9 Å². The van der Waals surface area contributed by atoms with Gasteiger partial charge in [0, 0.05) is 17.8 Å². The Morgan fingerprint density at radius 2 is 2.07 bits per heavy atom. The van der Waals surface area contributed by atoms with E-state index >= 15 is 0 Å². The molecule has 140 valence electrons. The number of hydrogen-bond acceptors (Lipinski definition) is 4. The lowest BCUT2D eigenvalue weighted by Crippen LogP contribution is -2.29. The third-order valence-corrected chi connectivity index (χ3v) is 4.21. The summed E-state index contributed by atoms with van der Waals surface area (Å²) < 4.78 is 44.2. The van der Waals surface area contributed by atoms with E-state index < -0.39 is 18.2 Å². The van der Waals surface area contributed by atoms with Crippen LogP contribution in [0.2, 0.25) is 0 Å². The first-order valence-corrected chi connectivity index (χ1v) is 8.35. The molecule has 0 bridgehead atoms. The van der Waals surface area contributed by atoms with E-state index in [0.29, 0.717) is 22.2 Å². The number of carbonyl (C=O) groups excluding carboxylic acids is 1. The van der Waals surface area contributed by atoms with E-state index in [2.05, 4.69) is 20.1 Å². The molecule has 1 aliphatic rings. The number of alkyl halides is 2. The molecule has 1 amide bonds. The first kappa shape index (κ1) is 17.3. The fourth-order valence-electron chi connectivity index (χ4n) is 2.75. The van der Waals surface area contributed by atoms with Crippen molar-refractivity contribution in [1.29, 1.82) is 0 Å². The zero-order valence-electron chi connectivity index (χ0n) is 14.0.